The summed E-state index contributed by atoms with van der Waals surface area (Å²) in [5.74, 6) is 0. The summed E-state index contributed by atoms with van der Waals surface area (Å²) < 4.78 is 0. The fraction of sp³-hybridized carbons (Fsp3) is 1.00. The number of hydrogen-bond acceptors (Lipinski definition) is 4. The molecule has 0 radical (unpaired) electrons. The van der Waals surface area contributed by atoms with Gasteiger partial charge in [0.1, 0.15) is 0 Å². The Labute approximate surface area is 130 Å². The van der Waals surface area contributed by atoms with Crippen molar-refractivity contribution in [2.24, 2.45) is 0 Å². The number of fused-ring (bicyclic) bond motifs is 2. The quantitative estimate of drug-likeness (QED) is 0.750. The van der Waals surface area contributed by atoms with Gasteiger partial charge in [0.25, 0.3) is 0 Å². The van der Waals surface area contributed by atoms with E-state index in [-0.39, 0.29) is 12.1 Å². The monoisotopic (exact) mass is 297 g/mol. The van der Waals surface area contributed by atoms with Crippen molar-refractivity contribution in [3.05, 3.63) is 0 Å². The van der Waals surface area contributed by atoms with Gasteiger partial charge >= 0.3 is 0 Å². The lowest BCUT2D eigenvalue weighted by atomic mass is 9.92. The van der Waals surface area contributed by atoms with Crippen LogP contribution in [0.2, 0.25) is 0 Å². The van der Waals surface area contributed by atoms with Gasteiger partial charge in [-0.1, -0.05) is 6.92 Å². The van der Waals surface area contributed by atoms with E-state index < -0.39 is 0 Å². The molecular weight excluding hydrogens is 262 g/mol. The van der Waals surface area contributed by atoms with Crippen molar-refractivity contribution in [1.29, 1.82) is 0 Å². The van der Waals surface area contributed by atoms with Crippen LogP contribution in [-0.2, 0) is 0 Å². The van der Waals surface area contributed by atoms with Crippen LogP contribution >= 0.6 is 0 Å². The minimum atomic E-state index is -0.146. The highest BCUT2D eigenvalue weighted by Gasteiger charge is 2.37. The normalized spacial score (nSPS) is 31.9. The average molecular weight is 297 g/mol. The molecule has 2 saturated heterocycles. The lowest BCUT2D eigenvalue weighted by molar-refractivity contribution is 0.108. The third kappa shape index (κ3) is 4.19. The fourth-order valence-electron chi connectivity index (χ4n) is 4.14. The van der Waals surface area contributed by atoms with E-state index in [9.17, 15) is 5.11 Å². The maximum Gasteiger partial charge on any atom is 0.0611 e. The van der Waals surface area contributed by atoms with Crippen LogP contribution in [0.25, 0.3) is 0 Å². The topological polar surface area (TPSA) is 38.7 Å². The predicted molar refractivity (Wildman–Crippen MR) is 88.6 cm³/mol. The molecule has 2 N–H and O–H groups in total. The molecule has 0 aromatic rings. The number of aliphatic hydroxyl groups is 1. The SMILES string of the molecule is CCCNC(C)(CO)CC(C)N1CCC2CCC(C1)N2C. The Hall–Kier alpha value is -0.160. The molecule has 0 saturated carbocycles. The summed E-state index contributed by atoms with van der Waals surface area (Å²) in [4.78, 5) is 5.26. The molecule has 2 aliphatic heterocycles. The van der Waals surface area contributed by atoms with Crippen molar-refractivity contribution in [3.8, 4) is 0 Å². The second-order valence-electron chi connectivity index (χ2n) is 7.53. The van der Waals surface area contributed by atoms with Gasteiger partial charge in [-0.3, -0.25) is 9.80 Å². The van der Waals surface area contributed by atoms with Crippen molar-refractivity contribution in [2.45, 2.75) is 76.5 Å². The van der Waals surface area contributed by atoms with Crippen molar-refractivity contribution in [1.82, 2.24) is 15.1 Å². The first-order valence-electron chi connectivity index (χ1n) is 8.81. The predicted octanol–water partition coefficient (Wildman–Crippen LogP) is 1.68. The van der Waals surface area contributed by atoms with E-state index in [0.717, 1.165) is 31.5 Å². The van der Waals surface area contributed by atoms with Gasteiger partial charge in [-0.15, -0.1) is 0 Å². The smallest absolute Gasteiger partial charge is 0.0611 e. The second kappa shape index (κ2) is 7.40. The molecule has 0 spiro atoms. The minimum Gasteiger partial charge on any atom is -0.394 e. The fourth-order valence-corrected chi connectivity index (χ4v) is 4.14. The van der Waals surface area contributed by atoms with Crippen LogP contribution in [0.5, 0.6) is 0 Å². The first kappa shape index (κ1) is 17.2. The zero-order chi connectivity index (χ0) is 15.5. The summed E-state index contributed by atoms with van der Waals surface area (Å²) >= 11 is 0. The van der Waals surface area contributed by atoms with Gasteiger partial charge in [0, 0.05) is 30.2 Å². The van der Waals surface area contributed by atoms with Crippen LogP contribution in [-0.4, -0.2) is 71.9 Å². The average Bonchev–Trinajstić information content (AvgIpc) is 2.69. The molecule has 0 aromatic carbocycles. The highest BCUT2D eigenvalue weighted by molar-refractivity contribution is 4.94. The van der Waals surface area contributed by atoms with Gasteiger partial charge in [0.15, 0.2) is 0 Å². The number of nitrogens with one attached hydrogen (secondary N) is 1. The van der Waals surface area contributed by atoms with E-state index in [1.807, 2.05) is 0 Å². The second-order valence-corrected chi connectivity index (χ2v) is 7.53. The van der Waals surface area contributed by atoms with Gasteiger partial charge < -0.3 is 10.4 Å². The van der Waals surface area contributed by atoms with Crippen LogP contribution in [0, 0.1) is 0 Å². The van der Waals surface area contributed by atoms with E-state index in [1.165, 1.54) is 32.4 Å². The van der Waals surface area contributed by atoms with E-state index in [2.05, 4.69) is 42.9 Å². The van der Waals surface area contributed by atoms with E-state index in [1.54, 1.807) is 0 Å². The third-order valence-corrected chi connectivity index (χ3v) is 5.70. The van der Waals surface area contributed by atoms with Gasteiger partial charge in [0.05, 0.1) is 6.61 Å². The summed E-state index contributed by atoms with van der Waals surface area (Å²) in [6.07, 6.45) is 6.17. The summed E-state index contributed by atoms with van der Waals surface area (Å²) in [7, 11) is 2.30. The molecule has 0 amide bonds. The van der Waals surface area contributed by atoms with Crippen LogP contribution in [0.3, 0.4) is 0 Å². The molecule has 2 aliphatic rings. The lowest BCUT2D eigenvalue weighted by Crippen LogP contribution is -2.52. The molecule has 4 nitrogen and oxygen atoms in total. The first-order valence-corrected chi connectivity index (χ1v) is 8.81. The van der Waals surface area contributed by atoms with Gasteiger partial charge in [0.2, 0.25) is 0 Å². The summed E-state index contributed by atoms with van der Waals surface area (Å²) in [6, 6.07) is 2.07. The largest absolute Gasteiger partial charge is 0.394 e. The van der Waals surface area contributed by atoms with E-state index in [4.69, 9.17) is 0 Å². The minimum absolute atomic E-state index is 0.146. The molecule has 124 valence electrons. The van der Waals surface area contributed by atoms with Crippen LogP contribution in [0.1, 0.15) is 52.9 Å². The Morgan fingerprint density at radius 2 is 2.00 bits per heavy atom. The molecule has 21 heavy (non-hydrogen) atoms. The van der Waals surface area contributed by atoms with Crippen molar-refractivity contribution >= 4 is 0 Å². The zero-order valence-corrected chi connectivity index (χ0v) is 14.4. The maximum absolute atomic E-state index is 9.77. The molecule has 4 unspecified atom stereocenters. The molecule has 4 heteroatoms. The van der Waals surface area contributed by atoms with Crippen molar-refractivity contribution in [3.63, 3.8) is 0 Å². The Kier molecular flexibility index (Phi) is 6.06. The number of likely N-dealkylation sites (N-methyl/N-ethyl adjacent to an activating group) is 1. The third-order valence-electron chi connectivity index (χ3n) is 5.70. The number of rotatable bonds is 7. The Balaban J connectivity index is 1.91. The highest BCUT2D eigenvalue weighted by Crippen LogP contribution is 2.30. The van der Waals surface area contributed by atoms with Gasteiger partial charge in [-0.25, -0.2) is 0 Å². The standard InChI is InChI=1S/C17H35N3O/c1-5-9-18-17(3,13-21)11-14(2)20-10-8-15-6-7-16(12-20)19(15)4/h14-16,18,21H,5-13H2,1-4H3. The van der Waals surface area contributed by atoms with Gasteiger partial charge in [-0.2, -0.15) is 0 Å². The number of nitrogens with zero attached hydrogens (tertiary/aromatic N) is 2. The molecule has 0 aromatic heterocycles. The van der Waals surface area contributed by atoms with Crippen LogP contribution < -0.4 is 5.32 Å². The Morgan fingerprint density at radius 3 is 2.67 bits per heavy atom. The number of aliphatic hydroxyl groups excluding tert-OH is 1. The van der Waals surface area contributed by atoms with Crippen molar-refractivity contribution in [2.75, 3.05) is 33.3 Å². The molecular formula is C17H35N3O. The van der Waals surface area contributed by atoms with E-state index >= 15 is 0 Å². The maximum atomic E-state index is 9.77. The van der Waals surface area contributed by atoms with Crippen LogP contribution in [0.15, 0.2) is 0 Å². The summed E-state index contributed by atoms with van der Waals surface area (Å²) in [5.41, 5.74) is -0.146. The van der Waals surface area contributed by atoms with Crippen molar-refractivity contribution < 1.29 is 5.11 Å². The molecule has 4 atom stereocenters. The van der Waals surface area contributed by atoms with Crippen LogP contribution in [0.4, 0.5) is 0 Å². The zero-order valence-electron chi connectivity index (χ0n) is 14.4. The lowest BCUT2D eigenvalue weighted by Gasteiger charge is -2.37. The molecule has 2 bridgehead atoms. The Morgan fingerprint density at radius 1 is 1.29 bits per heavy atom. The first-order chi connectivity index (χ1) is 9.99. The molecule has 2 heterocycles. The van der Waals surface area contributed by atoms with Gasteiger partial charge in [-0.05, 0) is 66.1 Å². The summed E-state index contributed by atoms with van der Waals surface area (Å²) in [6.45, 7) is 10.3. The summed E-state index contributed by atoms with van der Waals surface area (Å²) in [5, 5.41) is 13.3. The number of hydrogen-bond donors (Lipinski definition) is 2. The van der Waals surface area contributed by atoms with E-state index in [0.29, 0.717) is 6.04 Å². The molecule has 0 aliphatic carbocycles. The Bertz CT molecular complexity index is 325. The highest BCUT2D eigenvalue weighted by atomic mass is 16.3. The molecule has 2 rings (SSSR count). The molecule has 2 fully saturated rings. The number of likely N-dealkylation sites (tertiary alicyclic amines) is 1.